The maximum atomic E-state index is 11.2. The molecule has 4 heteroatoms. The summed E-state index contributed by atoms with van der Waals surface area (Å²) < 4.78 is 4.82. The van der Waals surface area contributed by atoms with Crippen molar-refractivity contribution in [3.63, 3.8) is 0 Å². The van der Waals surface area contributed by atoms with Gasteiger partial charge in [0.2, 0.25) is 0 Å². The van der Waals surface area contributed by atoms with Crippen LogP contribution in [-0.4, -0.2) is 12.6 Å². The van der Waals surface area contributed by atoms with E-state index in [4.69, 9.17) is 4.74 Å². The predicted molar refractivity (Wildman–Crippen MR) is 60.4 cm³/mol. The Balaban J connectivity index is 0.00000256. The average Bonchev–Trinajstić information content (AvgIpc) is 2.27. The number of hydrogen-bond acceptors (Lipinski definition) is 3. The molecule has 0 aromatic heterocycles. The second-order valence-electron chi connectivity index (χ2n) is 3.39. The quantitative estimate of drug-likeness (QED) is 0.368. The van der Waals surface area contributed by atoms with E-state index in [0.717, 1.165) is 5.56 Å². The second kappa shape index (κ2) is 8.88. The number of carbonyl (C=O) groups excluding carboxylic acids is 1. The molecular formula is C13H15KO3. The van der Waals surface area contributed by atoms with Crippen molar-refractivity contribution in [1.29, 1.82) is 0 Å². The van der Waals surface area contributed by atoms with Crippen LogP contribution in [0, 0.1) is 0 Å². The summed E-state index contributed by atoms with van der Waals surface area (Å²) in [6.45, 7) is 5.53. The van der Waals surface area contributed by atoms with Crippen molar-refractivity contribution in [3.8, 4) is 0 Å². The van der Waals surface area contributed by atoms with Crippen molar-refractivity contribution in [2.75, 3.05) is 6.61 Å². The van der Waals surface area contributed by atoms with Crippen molar-refractivity contribution < 1.29 is 66.0 Å². The zero-order chi connectivity index (χ0) is 12.0. The van der Waals surface area contributed by atoms with E-state index in [2.05, 4.69) is 6.58 Å². The molecule has 1 aromatic rings. The van der Waals surface area contributed by atoms with Gasteiger partial charge in [0.25, 0.3) is 0 Å². The third kappa shape index (κ3) is 5.83. The Bertz CT molecular complexity index is 388. The molecule has 0 saturated carbocycles. The van der Waals surface area contributed by atoms with E-state index >= 15 is 0 Å². The Morgan fingerprint density at radius 2 is 2.06 bits per heavy atom. The van der Waals surface area contributed by atoms with Gasteiger partial charge in [-0.05, 0) is 24.5 Å². The molecule has 0 radical (unpaired) electrons. The molecule has 0 heterocycles. The first-order valence-electron chi connectivity index (χ1n) is 5.25. The molecule has 0 spiro atoms. The molecule has 0 aliphatic carbocycles. The Morgan fingerprint density at radius 1 is 1.41 bits per heavy atom. The fourth-order valence-corrected chi connectivity index (χ4v) is 1.48. The summed E-state index contributed by atoms with van der Waals surface area (Å²) in [6.07, 6.45) is 0.800. The number of ether oxygens (including phenoxy) is 1. The normalized spacial score (nSPS) is 9.24. The van der Waals surface area contributed by atoms with Crippen LogP contribution in [0.25, 0.3) is 5.76 Å². The van der Waals surface area contributed by atoms with Gasteiger partial charge in [0.15, 0.2) is 0 Å². The molecule has 1 rings (SSSR count). The Morgan fingerprint density at radius 3 is 2.65 bits per heavy atom. The molecule has 0 N–H and O–H groups in total. The van der Waals surface area contributed by atoms with E-state index in [1.165, 1.54) is 0 Å². The number of hydrogen-bond donors (Lipinski definition) is 0. The Labute approximate surface area is 144 Å². The van der Waals surface area contributed by atoms with Crippen LogP contribution in [0.3, 0.4) is 0 Å². The van der Waals surface area contributed by atoms with Crippen LogP contribution in [0.15, 0.2) is 30.8 Å². The summed E-state index contributed by atoms with van der Waals surface area (Å²) in [4.78, 5) is 11.2. The minimum absolute atomic E-state index is 0. The molecule has 0 aliphatic rings. The van der Waals surface area contributed by atoms with Crippen LogP contribution in [0.5, 0.6) is 0 Å². The Kier molecular flexibility index (Phi) is 8.82. The third-order valence-corrected chi connectivity index (χ3v) is 2.22. The maximum Gasteiger partial charge on any atom is 1.00 e. The number of carbonyl (C=O) groups is 1. The summed E-state index contributed by atoms with van der Waals surface area (Å²) in [7, 11) is 0. The first kappa shape index (κ1) is 16.9. The standard InChI is InChI=1S/C13H16O3.K/c1-3-16-13(15)9-8-11-6-4-5-7-12(11)10(2)14;/h4-7,14H,2-3,8-9H2,1H3;/q;+1/p-1. The summed E-state index contributed by atoms with van der Waals surface area (Å²) in [5.41, 5.74) is 1.42. The number of rotatable bonds is 5. The van der Waals surface area contributed by atoms with Gasteiger partial charge in [0, 0.05) is 6.42 Å². The van der Waals surface area contributed by atoms with Crippen LogP contribution in [0.2, 0.25) is 0 Å². The van der Waals surface area contributed by atoms with Gasteiger partial charge in [-0.25, -0.2) is 0 Å². The van der Waals surface area contributed by atoms with Crippen molar-refractivity contribution >= 4 is 11.7 Å². The summed E-state index contributed by atoms with van der Waals surface area (Å²) in [6, 6.07) is 7.17. The first-order valence-corrected chi connectivity index (χ1v) is 5.25. The zero-order valence-electron chi connectivity index (χ0n) is 10.4. The topological polar surface area (TPSA) is 49.4 Å². The molecule has 1 aromatic carbocycles. The fraction of sp³-hybridized carbons (Fsp3) is 0.308. The average molecular weight is 258 g/mol. The van der Waals surface area contributed by atoms with Gasteiger partial charge in [-0.3, -0.25) is 4.79 Å². The number of aryl methyl sites for hydroxylation is 1. The van der Waals surface area contributed by atoms with E-state index < -0.39 is 0 Å². The van der Waals surface area contributed by atoms with E-state index in [9.17, 15) is 9.90 Å². The molecule has 0 unspecified atom stereocenters. The molecule has 3 nitrogen and oxygen atoms in total. The van der Waals surface area contributed by atoms with Gasteiger partial charge in [-0.1, -0.05) is 24.3 Å². The summed E-state index contributed by atoms with van der Waals surface area (Å²) in [5.74, 6) is -0.465. The molecule has 86 valence electrons. The Hall–Kier alpha value is -0.134. The van der Waals surface area contributed by atoms with E-state index in [-0.39, 0.29) is 69.5 Å². The minimum Gasteiger partial charge on any atom is -0.872 e. The molecule has 0 aliphatic heterocycles. The van der Waals surface area contributed by atoms with Crippen molar-refractivity contribution in [3.05, 3.63) is 42.0 Å². The monoisotopic (exact) mass is 258 g/mol. The van der Waals surface area contributed by atoms with Crippen LogP contribution < -0.4 is 56.5 Å². The summed E-state index contributed by atoms with van der Waals surface area (Å²) >= 11 is 0. The van der Waals surface area contributed by atoms with Crippen molar-refractivity contribution in [2.24, 2.45) is 0 Å². The maximum absolute atomic E-state index is 11.2. The summed E-state index contributed by atoms with van der Waals surface area (Å²) in [5, 5.41) is 11.2. The fourth-order valence-electron chi connectivity index (χ4n) is 1.48. The third-order valence-electron chi connectivity index (χ3n) is 2.22. The van der Waals surface area contributed by atoms with Gasteiger partial charge in [0.05, 0.1) is 6.61 Å². The molecular weight excluding hydrogens is 243 g/mol. The largest absolute Gasteiger partial charge is 1.00 e. The zero-order valence-corrected chi connectivity index (χ0v) is 13.5. The van der Waals surface area contributed by atoms with Crippen molar-refractivity contribution in [2.45, 2.75) is 19.8 Å². The van der Waals surface area contributed by atoms with Crippen LogP contribution in [0.4, 0.5) is 0 Å². The molecule has 0 saturated heterocycles. The number of benzene rings is 1. The SMILES string of the molecule is C=C([O-])c1ccccc1CCC(=O)OCC.[K+]. The van der Waals surface area contributed by atoms with Gasteiger partial charge in [-0.15, -0.1) is 12.3 Å². The molecule has 17 heavy (non-hydrogen) atoms. The molecule has 0 atom stereocenters. The van der Waals surface area contributed by atoms with Gasteiger partial charge >= 0.3 is 57.4 Å². The predicted octanol–water partition coefficient (Wildman–Crippen LogP) is -1.48. The number of esters is 1. The molecule has 0 bridgehead atoms. The van der Waals surface area contributed by atoms with Gasteiger partial charge in [-0.2, -0.15) is 0 Å². The van der Waals surface area contributed by atoms with Gasteiger partial charge in [0.1, 0.15) is 0 Å². The van der Waals surface area contributed by atoms with E-state index in [1.54, 1.807) is 19.1 Å². The first-order chi connectivity index (χ1) is 7.65. The minimum atomic E-state index is -0.242. The second-order valence-corrected chi connectivity index (χ2v) is 3.39. The van der Waals surface area contributed by atoms with Gasteiger partial charge < -0.3 is 9.84 Å². The van der Waals surface area contributed by atoms with Crippen LogP contribution in [-0.2, 0) is 16.0 Å². The molecule has 0 amide bonds. The van der Waals surface area contributed by atoms with Crippen LogP contribution in [0.1, 0.15) is 24.5 Å². The van der Waals surface area contributed by atoms with Crippen LogP contribution >= 0.6 is 0 Å². The van der Waals surface area contributed by atoms with Crippen molar-refractivity contribution in [1.82, 2.24) is 0 Å². The van der Waals surface area contributed by atoms with E-state index in [0.29, 0.717) is 18.6 Å². The smallest absolute Gasteiger partial charge is 0.872 e. The van der Waals surface area contributed by atoms with E-state index in [1.807, 2.05) is 12.1 Å². The molecule has 0 fully saturated rings.